The van der Waals surface area contributed by atoms with Gasteiger partial charge in [0.25, 0.3) is 0 Å². The summed E-state index contributed by atoms with van der Waals surface area (Å²) in [6.07, 6.45) is -2.11. The molecule has 2 rings (SSSR count). The summed E-state index contributed by atoms with van der Waals surface area (Å²) in [4.78, 5) is 2.23. The molecule has 0 atom stereocenters. The number of alkyl halides is 3. The van der Waals surface area contributed by atoms with Crippen LogP contribution in [0.4, 0.5) is 18.9 Å². The predicted molar refractivity (Wildman–Crippen MR) is 76.1 cm³/mol. The minimum absolute atomic E-state index is 0.264. The highest BCUT2D eigenvalue weighted by atomic mass is 19.4. The van der Waals surface area contributed by atoms with Gasteiger partial charge in [0.1, 0.15) is 5.75 Å². The van der Waals surface area contributed by atoms with Crippen LogP contribution in [0.3, 0.4) is 0 Å². The zero-order valence-electron chi connectivity index (χ0n) is 12.1. The lowest BCUT2D eigenvalue weighted by atomic mass is 9.99. The van der Waals surface area contributed by atoms with E-state index >= 15 is 0 Å². The van der Waals surface area contributed by atoms with Gasteiger partial charge < -0.3 is 10.5 Å². The molecule has 0 amide bonds. The second-order valence-electron chi connectivity index (χ2n) is 5.73. The van der Waals surface area contributed by atoms with Crippen LogP contribution in [0.15, 0.2) is 18.2 Å². The van der Waals surface area contributed by atoms with E-state index in [2.05, 4.69) is 11.8 Å². The molecule has 1 aliphatic heterocycles. The average molecular weight is 302 g/mol. The number of halogens is 3. The monoisotopic (exact) mass is 302 g/mol. The minimum Gasteiger partial charge on any atom is -0.484 e. The first-order valence-corrected chi connectivity index (χ1v) is 7.14. The fourth-order valence-electron chi connectivity index (χ4n) is 2.48. The molecule has 0 aromatic heterocycles. The number of likely N-dealkylation sites (tertiary alicyclic amines) is 1. The zero-order valence-corrected chi connectivity index (χ0v) is 12.1. The minimum atomic E-state index is -4.33. The van der Waals surface area contributed by atoms with Crippen molar-refractivity contribution in [3.8, 4) is 5.75 Å². The number of benzene rings is 1. The molecule has 2 N–H and O–H groups in total. The smallest absolute Gasteiger partial charge is 0.422 e. The molecule has 3 nitrogen and oxygen atoms in total. The quantitative estimate of drug-likeness (QED) is 0.866. The first-order chi connectivity index (χ1) is 9.83. The van der Waals surface area contributed by atoms with Gasteiger partial charge in [-0.2, -0.15) is 13.2 Å². The molecule has 0 aliphatic carbocycles. The van der Waals surface area contributed by atoms with E-state index in [0.717, 1.165) is 25.9 Å². The Bertz CT molecular complexity index is 468. The Hall–Kier alpha value is -1.43. The highest BCUT2D eigenvalue weighted by Gasteiger charge is 2.29. The van der Waals surface area contributed by atoms with Crippen LogP contribution in [0.25, 0.3) is 0 Å². The van der Waals surface area contributed by atoms with E-state index < -0.39 is 12.8 Å². The van der Waals surface area contributed by atoms with Crippen molar-refractivity contribution >= 4 is 5.69 Å². The molecule has 0 saturated carbocycles. The van der Waals surface area contributed by atoms with Crippen LogP contribution in [0.5, 0.6) is 5.75 Å². The second-order valence-corrected chi connectivity index (χ2v) is 5.73. The fourth-order valence-corrected chi connectivity index (χ4v) is 2.48. The number of hydrogen-bond acceptors (Lipinski definition) is 3. The van der Waals surface area contributed by atoms with E-state index in [0.29, 0.717) is 23.7 Å². The van der Waals surface area contributed by atoms with Crippen molar-refractivity contribution in [2.24, 2.45) is 5.92 Å². The number of anilines is 1. The first kappa shape index (κ1) is 15.9. The Morgan fingerprint density at radius 2 is 1.95 bits per heavy atom. The molecular weight excluding hydrogens is 281 g/mol. The summed E-state index contributed by atoms with van der Waals surface area (Å²) in [5.41, 5.74) is 6.99. The number of nitrogen functional groups attached to an aromatic ring is 1. The van der Waals surface area contributed by atoms with Gasteiger partial charge in [0, 0.05) is 17.8 Å². The first-order valence-electron chi connectivity index (χ1n) is 7.14. The maximum absolute atomic E-state index is 12.3. The zero-order chi connectivity index (χ0) is 15.5. The molecule has 1 aliphatic rings. The van der Waals surface area contributed by atoms with Gasteiger partial charge in [0.15, 0.2) is 6.61 Å². The molecule has 1 fully saturated rings. The van der Waals surface area contributed by atoms with Crippen molar-refractivity contribution in [2.45, 2.75) is 32.5 Å². The van der Waals surface area contributed by atoms with E-state index in [4.69, 9.17) is 10.5 Å². The van der Waals surface area contributed by atoms with E-state index in [1.165, 1.54) is 6.07 Å². The molecule has 1 heterocycles. The van der Waals surface area contributed by atoms with Gasteiger partial charge in [0.05, 0.1) is 0 Å². The molecule has 0 bridgehead atoms. The third kappa shape index (κ3) is 5.12. The van der Waals surface area contributed by atoms with E-state index in [9.17, 15) is 13.2 Å². The fraction of sp³-hybridized carbons (Fsp3) is 0.600. The molecule has 0 unspecified atom stereocenters. The topological polar surface area (TPSA) is 38.5 Å². The SMILES string of the molecule is CC1CCN(Cc2cc(N)ccc2OCC(F)(F)F)CC1. The summed E-state index contributed by atoms with van der Waals surface area (Å²) >= 11 is 0. The number of nitrogens with two attached hydrogens (primary N) is 1. The second kappa shape index (κ2) is 6.56. The standard InChI is InChI=1S/C15H21F3N2O/c1-11-4-6-20(7-5-11)9-12-8-13(19)2-3-14(12)21-10-15(16,17)18/h2-3,8,11H,4-7,9-10,19H2,1H3. The third-order valence-electron chi connectivity index (χ3n) is 3.75. The molecule has 0 radical (unpaired) electrons. The van der Waals surface area contributed by atoms with E-state index in [1.54, 1.807) is 12.1 Å². The Balaban J connectivity index is 2.04. The number of nitrogens with zero attached hydrogens (tertiary/aromatic N) is 1. The Morgan fingerprint density at radius 3 is 2.57 bits per heavy atom. The van der Waals surface area contributed by atoms with Gasteiger partial charge in [-0.3, -0.25) is 4.90 Å². The number of piperidine rings is 1. The van der Waals surface area contributed by atoms with Crippen LogP contribution in [0.2, 0.25) is 0 Å². The molecule has 1 aromatic rings. The molecule has 1 aromatic carbocycles. The number of rotatable bonds is 4. The Morgan fingerprint density at radius 1 is 1.29 bits per heavy atom. The van der Waals surface area contributed by atoms with Gasteiger partial charge in [-0.1, -0.05) is 6.92 Å². The van der Waals surface area contributed by atoms with Crippen molar-refractivity contribution in [3.63, 3.8) is 0 Å². The van der Waals surface area contributed by atoms with E-state index in [-0.39, 0.29) is 5.75 Å². The lowest BCUT2D eigenvalue weighted by molar-refractivity contribution is -0.153. The molecule has 1 saturated heterocycles. The van der Waals surface area contributed by atoms with Gasteiger partial charge in [-0.15, -0.1) is 0 Å². The van der Waals surface area contributed by atoms with Crippen molar-refractivity contribution in [1.82, 2.24) is 4.90 Å². The van der Waals surface area contributed by atoms with Crippen LogP contribution in [0, 0.1) is 5.92 Å². The summed E-state index contributed by atoms with van der Waals surface area (Å²) in [6.45, 7) is 3.42. The summed E-state index contributed by atoms with van der Waals surface area (Å²) in [7, 11) is 0. The van der Waals surface area contributed by atoms with Crippen molar-refractivity contribution in [2.75, 3.05) is 25.4 Å². The maximum atomic E-state index is 12.3. The normalized spacial score (nSPS) is 17.9. The average Bonchev–Trinajstić information content (AvgIpc) is 2.39. The molecular formula is C15H21F3N2O. The van der Waals surface area contributed by atoms with Crippen LogP contribution in [0.1, 0.15) is 25.3 Å². The van der Waals surface area contributed by atoms with Crippen molar-refractivity contribution < 1.29 is 17.9 Å². The van der Waals surface area contributed by atoms with Crippen LogP contribution < -0.4 is 10.5 Å². The lowest BCUT2D eigenvalue weighted by Crippen LogP contribution is -2.32. The van der Waals surface area contributed by atoms with Gasteiger partial charge in [-0.05, 0) is 50.0 Å². The Kier molecular flexibility index (Phi) is 4.98. The maximum Gasteiger partial charge on any atom is 0.422 e. The molecule has 118 valence electrons. The summed E-state index contributed by atoms with van der Waals surface area (Å²) in [5.74, 6) is 0.975. The van der Waals surface area contributed by atoms with Crippen molar-refractivity contribution in [1.29, 1.82) is 0 Å². The van der Waals surface area contributed by atoms with Crippen LogP contribution >= 0.6 is 0 Å². The largest absolute Gasteiger partial charge is 0.484 e. The number of ether oxygens (including phenoxy) is 1. The lowest BCUT2D eigenvalue weighted by Gasteiger charge is -2.30. The summed E-state index contributed by atoms with van der Waals surface area (Å²) in [5, 5.41) is 0. The third-order valence-corrected chi connectivity index (χ3v) is 3.75. The summed E-state index contributed by atoms with van der Waals surface area (Å²) in [6, 6.07) is 4.78. The van der Waals surface area contributed by atoms with Gasteiger partial charge in [-0.25, -0.2) is 0 Å². The Labute approximate surface area is 122 Å². The van der Waals surface area contributed by atoms with Crippen LogP contribution in [-0.4, -0.2) is 30.8 Å². The van der Waals surface area contributed by atoms with Crippen LogP contribution in [-0.2, 0) is 6.54 Å². The molecule has 6 heteroatoms. The molecule has 0 spiro atoms. The van der Waals surface area contributed by atoms with Crippen molar-refractivity contribution in [3.05, 3.63) is 23.8 Å². The van der Waals surface area contributed by atoms with Gasteiger partial charge in [0.2, 0.25) is 0 Å². The van der Waals surface area contributed by atoms with E-state index in [1.807, 2.05) is 0 Å². The summed E-state index contributed by atoms with van der Waals surface area (Å²) < 4.78 is 41.8. The molecule has 21 heavy (non-hydrogen) atoms. The van der Waals surface area contributed by atoms with Gasteiger partial charge >= 0.3 is 6.18 Å². The highest BCUT2D eigenvalue weighted by Crippen LogP contribution is 2.27. The predicted octanol–water partition coefficient (Wildman–Crippen LogP) is 3.44. The highest BCUT2D eigenvalue weighted by molar-refractivity contribution is 5.47. The number of hydrogen-bond donors (Lipinski definition) is 1.